The Kier molecular flexibility index (Phi) is 2.51. The Hall–Kier alpha value is -1.88. The lowest BCUT2D eigenvalue weighted by Crippen LogP contribution is -2.14. The number of para-hydroxylation sites is 1. The highest BCUT2D eigenvalue weighted by Gasteiger charge is 2.30. The van der Waals surface area contributed by atoms with Gasteiger partial charge in [-0.3, -0.25) is 0 Å². The fourth-order valence-electron chi connectivity index (χ4n) is 2.74. The molecule has 1 aromatic heterocycles. The Bertz CT molecular complexity index is 565. The summed E-state index contributed by atoms with van der Waals surface area (Å²) in [6, 6.07) is 8.28. The number of ether oxygens (including phenoxy) is 1. The van der Waals surface area contributed by atoms with Gasteiger partial charge in [-0.2, -0.15) is 4.98 Å². The van der Waals surface area contributed by atoms with E-state index in [0.717, 1.165) is 31.0 Å². The number of nitrogens with zero attached hydrogens (tertiary/aromatic N) is 2. The molecular formula is C14H15N3O2. The van der Waals surface area contributed by atoms with Gasteiger partial charge in [-0.25, -0.2) is 0 Å². The molecule has 1 aromatic carbocycles. The van der Waals surface area contributed by atoms with Crippen molar-refractivity contribution in [2.45, 2.75) is 31.4 Å². The maximum atomic E-state index is 5.85. The van der Waals surface area contributed by atoms with E-state index in [9.17, 15) is 0 Å². The number of aromatic nitrogens is 2. The van der Waals surface area contributed by atoms with Crippen LogP contribution in [-0.4, -0.2) is 16.7 Å². The summed E-state index contributed by atoms with van der Waals surface area (Å²) in [6.07, 6.45) is 2.90. The molecule has 3 heterocycles. The Morgan fingerprint density at radius 3 is 3.05 bits per heavy atom. The zero-order valence-electron chi connectivity index (χ0n) is 10.5. The van der Waals surface area contributed by atoms with E-state index < -0.39 is 0 Å². The topological polar surface area (TPSA) is 60.2 Å². The van der Waals surface area contributed by atoms with E-state index in [1.165, 1.54) is 12.0 Å². The van der Waals surface area contributed by atoms with Crippen LogP contribution in [0.15, 0.2) is 28.8 Å². The minimum Gasteiger partial charge on any atom is -0.480 e. The molecule has 5 heteroatoms. The van der Waals surface area contributed by atoms with Gasteiger partial charge >= 0.3 is 0 Å². The summed E-state index contributed by atoms with van der Waals surface area (Å²) >= 11 is 0. The first-order valence-electron chi connectivity index (χ1n) is 6.71. The van der Waals surface area contributed by atoms with E-state index in [0.29, 0.717) is 5.89 Å². The van der Waals surface area contributed by atoms with Crippen molar-refractivity contribution < 1.29 is 9.26 Å². The Labute approximate surface area is 111 Å². The van der Waals surface area contributed by atoms with Gasteiger partial charge in [0.25, 0.3) is 5.89 Å². The summed E-state index contributed by atoms with van der Waals surface area (Å²) in [5.41, 5.74) is 1.20. The summed E-state index contributed by atoms with van der Waals surface area (Å²) in [4.78, 5) is 4.49. The predicted octanol–water partition coefficient (Wildman–Crippen LogP) is 2.17. The van der Waals surface area contributed by atoms with Gasteiger partial charge in [0.15, 0.2) is 11.9 Å². The van der Waals surface area contributed by atoms with Gasteiger partial charge in [0.2, 0.25) is 0 Å². The third-order valence-electron chi connectivity index (χ3n) is 3.75. The quantitative estimate of drug-likeness (QED) is 0.893. The molecule has 0 spiro atoms. The molecule has 0 radical (unpaired) electrons. The Balaban J connectivity index is 1.55. The molecule has 5 nitrogen and oxygen atoms in total. The number of hydrogen-bond donors (Lipinski definition) is 1. The molecule has 0 aliphatic carbocycles. The normalized spacial score (nSPS) is 25.3. The van der Waals surface area contributed by atoms with Crippen LogP contribution in [0.1, 0.15) is 42.3 Å². The first-order chi connectivity index (χ1) is 9.40. The molecule has 2 aromatic rings. The molecule has 4 rings (SSSR count). The number of hydrogen-bond acceptors (Lipinski definition) is 5. The lowest BCUT2D eigenvalue weighted by atomic mass is 10.1. The highest BCUT2D eigenvalue weighted by Crippen LogP contribution is 2.36. The van der Waals surface area contributed by atoms with Crippen LogP contribution >= 0.6 is 0 Å². The molecule has 1 unspecified atom stereocenters. The molecule has 0 amide bonds. The summed E-state index contributed by atoms with van der Waals surface area (Å²) in [7, 11) is 0. The molecule has 19 heavy (non-hydrogen) atoms. The largest absolute Gasteiger partial charge is 0.480 e. The fraction of sp³-hybridized carbons (Fsp3) is 0.429. The van der Waals surface area contributed by atoms with Crippen molar-refractivity contribution in [2.24, 2.45) is 0 Å². The third-order valence-corrected chi connectivity index (χ3v) is 3.75. The monoisotopic (exact) mass is 257 g/mol. The van der Waals surface area contributed by atoms with Crippen molar-refractivity contribution in [3.63, 3.8) is 0 Å². The van der Waals surface area contributed by atoms with Gasteiger partial charge in [-0.05, 0) is 31.0 Å². The van der Waals surface area contributed by atoms with Gasteiger partial charge < -0.3 is 14.6 Å². The van der Waals surface area contributed by atoms with Crippen LogP contribution < -0.4 is 10.1 Å². The first kappa shape index (κ1) is 11.0. The van der Waals surface area contributed by atoms with E-state index in [1.807, 2.05) is 18.2 Å². The predicted molar refractivity (Wildman–Crippen MR) is 67.8 cm³/mol. The van der Waals surface area contributed by atoms with Crippen molar-refractivity contribution >= 4 is 0 Å². The average Bonchev–Trinajstić information content (AvgIpc) is 3.17. The molecule has 1 N–H and O–H groups in total. The molecule has 0 saturated carbocycles. The third kappa shape index (κ3) is 1.90. The SMILES string of the molecule is c1ccc2c(c1)C[C@@H](c1nc(C3CCCN3)no1)O2. The van der Waals surface area contributed by atoms with E-state index >= 15 is 0 Å². The van der Waals surface area contributed by atoms with Crippen LogP contribution in [-0.2, 0) is 6.42 Å². The van der Waals surface area contributed by atoms with Crippen molar-refractivity contribution in [3.05, 3.63) is 41.5 Å². The van der Waals surface area contributed by atoms with E-state index in [4.69, 9.17) is 9.26 Å². The molecule has 2 aliphatic rings. The molecular weight excluding hydrogens is 242 g/mol. The van der Waals surface area contributed by atoms with Crippen LogP contribution in [0.2, 0.25) is 0 Å². The van der Waals surface area contributed by atoms with E-state index in [-0.39, 0.29) is 12.1 Å². The Morgan fingerprint density at radius 2 is 2.21 bits per heavy atom. The van der Waals surface area contributed by atoms with Gasteiger partial charge in [-0.15, -0.1) is 0 Å². The first-order valence-corrected chi connectivity index (χ1v) is 6.71. The van der Waals surface area contributed by atoms with Crippen LogP contribution in [0.5, 0.6) is 5.75 Å². The second kappa shape index (κ2) is 4.35. The van der Waals surface area contributed by atoms with E-state index in [2.05, 4.69) is 21.5 Å². The highest BCUT2D eigenvalue weighted by molar-refractivity contribution is 5.37. The zero-order chi connectivity index (χ0) is 12.7. The van der Waals surface area contributed by atoms with Crippen LogP contribution in [0.4, 0.5) is 0 Å². The average molecular weight is 257 g/mol. The lowest BCUT2D eigenvalue weighted by molar-refractivity contribution is 0.183. The number of rotatable bonds is 2. The summed E-state index contributed by atoms with van der Waals surface area (Å²) in [5, 5.41) is 7.45. The minimum absolute atomic E-state index is 0.139. The van der Waals surface area contributed by atoms with Gasteiger partial charge in [-0.1, -0.05) is 23.4 Å². The summed E-state index contributed by atoms with van der Waals surface area (Å²) < 4.78 is 11.2. The van der Waals surface area contributed by atoms with E-state index in [1.54, 1.807) is 0 Å². The van der Waals surface area contributed by atoms with Gasteiger partial charge in [0.05, 0.1) is 6.04 Å². The summed E-state index contributed by atoms with van der Waals surface area (Å²) in [6.45, 7) is 1.03. The smallest absolute Gasteiger partial charge is 0.268 e. The molecule has 1 fully saturated rings. The molecule has 1 saturated heterocycles. The second-order valence-corrected chi connectivity index (χ2v) is 5.06. The maximum Gasteiger partial charge on any atom is 0.268 e. The van der Waals surface area contributed by atoms with Gasteiger partial charge in [0, 0.05) is 6.42 Å². The zero-order valence-corrected chi connectivity index (χ0v) is 10.5. The standard InChI is InChI=1S/C14H15N3O2/c1-2-6-11-9(4-1)8-12(18-11)14-16-13(17-19-14)10-5-3-7-15-10/h1-2,4,6,10,12,15H,3,5,7-8H2/t10?,12-/m0/s1. The van der Waals surface area contributed by atoms with Crippen LogP contribution in [0.25, 0.3) is 0 Å². The van der Waals surface area contributed by atoms with Crippen molar-refractivity contribution in [2.75, 3.05) is 6.54 Å². The molecule has 2 aliphatic heterocycles. The van der Waals surface area contributed by atoms with Gasteiger partial charge in [0.1, 0.15) is 5.75 Å². The van der Waals surface area contributed by atoms with Crippen molar-refractivity contribution in [1.82, 2.24) is 15.5 Å². The lowest BCUT2D eigenvalue weighted by Gasteiger charge is -2.04. The summed E-state index contributed by atoms with van der Waals surface area (Å²) in [5.74, 6) is 2.26. The van der Waals surface area contributed by atoms with Crippen molar-refractivity contribution in [3.8, 4) is 5.75 Å². The second-order valence-electron chi connectivity index (χ2n) is 5.06. The highest BCUT2D eigenvalue weighted by atomic mass is 16.5. The number of nitrogens with one attached hydrogen (secondary N) is 1. The van der Waals surface area contributed by atoms with Crippen molar-refractivity contribution in [1.29, 1.82) is 0 Å². The minimum atomic E-state index is -0.139. The Morgan fingerprint density at radius 1 is 1.26 bits per heavy atom. The van der Waals surface area contributed by atoms with Crippen LogP contribution in [0, 0.1) is 0 Å². The molecule has 98 valence electrons. The number of benzene rings is 1. The number of fused-ring (bicyclic) bond motifs is 1. The van der Waals surface area contributed by atoms with Crippen LogP contribution in [0.3, 0.4) is 0 Å². The molecule has 0 bridgehead atoms. The molecule has 2 atom stereocenters. The fourth-order valence-corrected chi connectivity index (χ4v) is 2.74. The maximum absolute atomic E-state index is 5.85.